The highest BCUT2D eigenvalue weighted by Gasteiger charge is 2.33. The Balaban J connectivity index is 2.49. The number of hydrogen-bond donors (Lipinski definition) is 2. The molecule has 2 atom stereocenters. The van der Waals surface area contributed by atoms with E-state index in [0.29, 0.717) is 12.3 Å². The second-order valence-corrected chi connectivity index (χ2v) is 4.87. The molecule has 6 heteroatoms. The average molecular weight is 256 g/mol. The van der Waals surface area contributed by atoms with E-state index >= 15 is 0 Å². The molecule has 0 aliphatic carbocycles. The molecule has 1 fully saturated rings. The zero-order chi connectivity index (χ0) is 13.7. The zero-order valence-electron chi connectivity index (χ0n) is 11.0. The van der Waals surface area contributed by atoms with E-state index in [1.807, 2.05) is 13.8 Å². The van der Waals surface area contributed by atoms with Crippen molar-refractivity contribution in [1.29, 1.82) is 0 Å². The molecule has 2 N–H and O–H groups in total. The minimum atomic E-state index is -0.639. The highest BCUT2D eigenvalue weighted by molar-refractivity contribution is 5.97. The zero-order valence-corrected chi connectivity index (χ0v) is 11.0. The minimum absolute atomic E-state index is 0.115. The van der Waals surface area contributed by atoms with Gasteiger partial charge in [-0.05, 0) is 18.8 Å². The topological polar surface area (TPSA) is 84.5 Å². The van der Waals surface area contributed by atoms with Gasteiger partial charge in [-0.15, -0.1) is 0 Å². The fourth-order valence-corrected chi connectivity index (χ4v) is 1.88. The first kappa shape index (κ1) is 14.5. The molecule has 0 unspecified atom stereocenters. The van der Waals surface area contributed by atoms with Crippen molar-refractivity contribution in [1.82, 2.24) is 10.6 Å². The Labute approximate surface area is 106 Å². The van der Waals surface area contributed by atoms with Gasteiger partial charge in [-0.25, -0.2) is 0 Å². The van der Waals surface area contributed by atoms with Crippen LogP contribution in [-0.2, 0) is 19.1 Å². The first-order chi connectivity index (χ1) is 8.43. The second-order valence-electron chi connectivity index (χ2n) is 4.87. The molecule has 18 heavy (non-hydrogen) atoms. The molecular formula is C12H20N2O4. The summed E-state index contributed by atoms with van der Waals surface area (Å²) in [7, 11) is 1.29. The number of methoxy groups -OCH3 is 1. The Bertz CT molecular complexity index is 341. The fraction of sp³-hybridized carbons (Fsp3) is 0.750. The molecule has 1 heterocycles. The summed E-state index contributed by atoms with van der Waals surface area (Å²) in [4.78, 5) is 34.5. The molecule has 0 aromatic carbocycles. The van der Waals surface area contributed by atoms with E-state index in [0.717, 1.165) is 0 Å². The monoisotopic (exact) mass is 256 g/mol. The van der Waals surface area contributed by atoms with Crippen LogP contribution >= 0.6 is 0 Å². The molecular weight excluding hydrogens is 236 g/mol. The van der Waals surface area contributed by atoms with Gasteiger partial charge in [0.1, 0.15) is 12.1 Å². The Morgan fingerprint density at radius 3 is 2.33 bits per heavy atom. The van der Waals surface area contributed by atoms with Crippen LogP contribution in [0.5, 0.6) is 0 Å². The Morgan fingerprint density at radius 2 is 1.78 bits per heavy atom. The Kier molecular flexibility index (Phi) is 5.12. The third-order valence-corrected chi connectivity index (χ3v) is 2.84. The van der Waals surface area contributed by atoms with Crippen molar-refractivity contribution in [2.75, 3.05) is 7.11 Å². The highest BCUT2D eigenvalue weighted by Crippen LogP contribution is 2.11. The Hall–Kier alpha value is -1.59. The standard InChI is InChI=1S/C12H20N2O4/c1-7(2)6-9-12(17)13-8(11(16)14-9)4-5-10(15)18-3/h7-9H,4-6H2,1-3H3,(H,13,17)(H,14,16)/t8-,9+/m0/s1. The molecule has 6 nitrogen and oxygen atoms in total. The first-order valence-corrected chi connectivity index (χ1v) is 6.11. The van der Waals surface area contributed by atoms with Crippen molar-refractivity contribution in [3.63, 3.8) is 0 Å². The van der Waals surface area contributed by atoms with Crippen LogP contribution in [-0.4, -0.2) is 37.0 Å². The number of rotatable bonds is 5. The maximum Gasteiger partial charge on any atom is 0.305 e. The molecule has 0 saturated carbocycles. The molecule has 2 amide bonds. The molecule has 0 spiro atoms. The van der Waals surface area contributed by atoms with E-state index in [1.54, 1.807) is 0 Å². The van der Waals surface area contributed by atoms with Gasteiger partial charge in [0.25, 0.3) is 0 Å². The van der Waals surface area contributed by atoms with E-state index in [1.165, 1.54) is 7.11 Å². The van der Waals surface area contributed by atoms with Crippen LogP contribution in [0.15, 0.2) is 0 Å². The predicted molar refractivity (Wildman–Crippen MR) is 64.6 cm³/mol. The van der Waals surface area contributed by atoms with E-state index in [9.17, 15) is 14.4 Å². The third-order valence-electron chi connectivity index (χ3n) is 2.84. The molecule has 102 valence electrons. The summed E-state index contributed by atoms with van der Waals surface area (Å²) < 4.78 is 4.49. The molecule has 1 rings (SSSR count). The predicted octanol–water partition coefficient (Wildman–Crippen LogP) is -0.0311. The van der Waals surface area contributed by atoms with E-state index in [-0.39, 0.29) is 30.6 Å². The summed E-state index contributed by atoms with van der Waals surface area (Å²) in [5.41, 5.74) is 0. The van der Waals surface area contributed by atoms with E-state index < -0.39 is 12.1 Å². The summed E-state index contributed by atoms with van der Waals surface area (Å²) >= 11 is 0. The number of amides is 2. The summed E-state index contributed by atoms with van der Waals surface area (Å²) in [6.07, 6.45) is 0.990. The van der Waals surface area contributed by atoms with Crippen LogP contribution in [0.2, 0.25) is 0 Å². The smallest absolute Gasteiger partial charge is 0.305 e. The number of piperazine rings is 1. The van der Waals surface area contributed by atoms with Crippen molar-refractivity contribution in [3.8, 4) is 0 Å². The highest BCUT2D eigenvalue weighted by atomic mass is 16.5. The van der Waals surface area contributed by atoms with Gasteiger partial charge >= 0.3 is 5.97 Å². The van der Waals surface area contributed by atoms with E-state index in [4.69, 9.17) is 0 Å². The molecule has 0 aromatic heterocycles. The molecule has 0 radical (unpaired) electrons. The normalized spacial score (nSPS) is 23.6. The van der Waals surface area contributed by atoms with Crippen molar-refractivity contribution < 1.29 is 19.1 Å². The number of nitrogens with one attached hydrogen (secondary N) is 2. The summed E-state index contributed by atoms with van der Waals surface area (Å²) in [6.45, 7) is 3.98. The molecule has 0 aromatic rings. The van der Waals surface area contributed by atoms with Gasteiger partial charge in [-0.3, -0.25) is 14.4 Å². The molecule has 1 aliphatic heterocycles. The van der Waals surface area contributed by atoms with Crippen LogP contribution in [0.25, 0.3) is 0 Å². The quantitative estimate of drug-likeness (QED) is 0.676. The lowest BCUT2D eigenvalue weighted by Gasteiger charge is -2.30. The Morgan fingerprint density at radius 1 is 1.22 bits per heavy atom. The van der Waals surface area contributed by atoms with Gasteiger partial charge < -0.3 is 15.4 Å². The summed E-state index contributed by atoms with van der Waals surface area (Å²) in [6, 6.07) is -1.10. The maximum atomic E-state index is 11.8. The summed E-state index contributed by atoms with van der Waals surface area (Å²) in [5.74, 6) is -0.476. The molecule has 1 saturated heterocycles. The van der Waals surface area contributed by atoms with Crippen molar-refractivity contribution >= 4 is 17.8 Å². The van der Waals surface area contributed by atoms with Crippen LogP contribution in [0.1, 0.15) is 33.1 Å². The largest absolute Gasteiger partial charge is 0.469 e. The maximum absolute atomic E-state index is 11.8. The summed E-state index contributed by atoms with van der Waals surface area (Å²) in [5, 5.41) is 5.33. The molecule has 0 bridgehead atoms. The first-order valence-electron chi connectivity index (χ1n) is 6.11. The molecule has 1 aliphatic rings. The van der Waals surface area contributed by atoms with E-state index in [2.05, 4.69) is 15.4 Å². The van der Waals surface area contributed by atoms with Crippen molar-refractivity contribution in [2.45, 2.75) is 45.2 Å². The average Bonchev–Trinajstić information content (AvgIpc) is 2.30. The minimum Gasteiger partial charge on any atom is -0.469 e. The van der Waals surface area contributed by atoms with Crippen molar-refractivity contribution in [2.24, 2.45) is 5.92 Å². The van der Waals surface area contributed by atoms with Crippen molar-refractivity contribution in [3.05, 3.63) is 0 Å². The van der Waals surface area contributed by atoms with Crippen LogP contribution in [0.3, 0.4) is 0 Å². The van der Waals surface area contributed by atoms with Gasteiger partial charge in [0.2, 0.25) is 11.8 Å². The SMILES string of the molecule is COC(=O)CC[C@@H]1NC(=O)[C@@H](CC(C)C)NC1=O. The number of hydrogen-bond acceptors (Lipinski definition) is 4. The van der Waals surface area contributed by atoms with Crippen LogP contribution in [0, 0.1) is 5.92 Å². The third kappa shape index (κ3) is 4.01. The number of ether oxygens (including phenoxy) is 1. The van der Waals surface area contributed by atoms with Crippen LogP contribution in [0.4, 0.5) is 0 Å². The number of carbonyl (C=O) groups excluding carboxylic acids is 3. The lowest BCUT2D eigenvalue weighted by Crippen LogP contribution is -2.61. The lowest BCUT2D eigenvalue weighted by molar-refractivity contribution is -0.142. The lowest BCUT2D eigenvalue weighted by atomic mass is 9.99. The second kappa shape index (κ2) is 6.37. The van der Waals surface area contributed by atoms with Gasteiger partial charge in [0.15, 0.2) is 0 Å². The van der Waals surface area contributed by atoms with Gasteiger partial charge in [-0.1, -0.05) is 13.8 Å². The van der Waals surface area contributed by atoms with Gasteiger partial charge in [0.05, 0.1) is 7.11 Å². The number of carbonyl (C=O) groups is 3. The number of esters is 1. The fourth-order valence-electron chi connectivity index (χ4n) is 1.88. The van der Waals surface area contributed by atoms with Crippen LogP contribution < -0.4 is 10.6 Å². The van der Waals surface area contributed by atoms with Gasteiger partial charge in [0, 0.05) is 6.42 Å². The van der Waals surface area contributed by atoms with Gasteiger partial charge in [-0.2, -0.15) is 0 Å².